The minimum Gasteiger partial charge on any atom is -0.493 e. The molecule has 2 aliphatic rings. The highest BCUT2D eigenvalue weighted by Crippen LogP contribution is 2.30. The number of carbonyl (C=O) groups is 1. The molecule has 0 aromatic heterocycles. The maximum absolute atomic E-state index is 14.3. The molecule has 2 aromatic rings. The van der Waals surface area contributed by atoms with E-state index in [0.29, 0.717) is 47.7 Å². The molecule has 0 bridgehead atoms. The van der Waals surface area contributed by atoms with E-state index in [4.69, 9.17) is 15.2 Å². The fraction of sp³-hybridized carbons (Fsp3) is 0.516. The van der Waals surface area contributed by atoms with E-state index in [9.17, 15) is 13.6 Å². The van der Waals surface area contributed by atoms with Crippen molar-refractivity contribution in [3.63, 3.8) is 0 Å². The lowest BCUT2D eigenvalue weighted by Gasteiger charge is -2.35. The smallest absolute Gasteiger partial charge is 0.254 e. The maximum atomic E-state index is 14.3. The molecular formula is C31H43Cl2F2N3O3. The van der Waals surface area contributed by atoms with Crippen LogP contribution in [0, 0.1) is 17.6 Å². The topological polar surface area (TPSA) is 68.0 Å². The third-order valence-electron chi connectivity index (χ3n) is 8.04. The summed E-state index contributed by atoms with van der Waals surface area (Å²) in [6, 6.07) is 9.28. The molecule has 4 rings (SSSR count). The minimum atomic E-state index is -0.624. The molecule has 6 nitrogen and oxygen atoms in total. The second-order valence-corrected chi connectivity index (χ2v) is 11.0. The Kier molecular flexibility index (Phi) is 13.8. The van der Waals surface area contributed by atoms with Gasteiger partial charge in [0.1, 0.15) is 11.6 Å². The van der Waals surface area contributed by atoms with E-state index in [0.717, 1.165) is 63.3 Å². The zero-order valence-corrected chi connectivity index (χ0v) is 25.7. The van der Waals surface area contributed by atoms with Gasteiger partial charge in [-0.15, -0.1) is 24.8 Å². The Bertz CT molecular complexity index is 1180. The van der Waals surface area contributed by atoms with Gasteiger partial charge in [0, 0.05) is 48.9 Å². The minimum absolute atomic E-state index is 0. The van der Waals surface area contributed by atoms with Gasteiger partial charge in [-0.3, -0.25) is 9.69 Å². The average molecular weight is 615 g/mol. The van der Waals surface area contributed by atoms with Crippen LogP contribution in [0.1, 0.15) is 61.4 Å². The van der Waals surface area contributed by atoms with E-state index < -0.39 is 11.6 Å². The summed E-state index contributed by atoms with van der Waals surface area (Å²) < 4.78 is 38.5. The van der Waals surface area contributed by atoms with Crippen molar-refractivity contribution in [2.75, 3.05) is 40.4 Å². The number of ether oxygens (including phenoxy) is 2. The first-order chi connectivity index (χ1) is 18.8. The lowest BCUT2D eigenvalue weighted by atomic mass is 9.86. The molecule has 1 amide bonds. The maximum Gasteiger partial charge on any atom is 0.254 e. The van der Waals surface area contributed by atoms with Crippen LogP contribution in [0.2, 0.25) is 0 Å². The Labute approximate surface area is 255 Å². The van der Waals surface area contributed by atoms with Gasteiger partial charge in [0.2, 0.25) is 0 Å². The normalized spacial score (nSPS) is 21.0. The average Bonchev–Trinajstić information content (AvgIpc) is 3.36. The van der Waals surface area contributed by atoms with Crippen LogP contribution in [0.25, 0.3) is 6.08 Å². The van der Waals surface area contributed by atoms with Crippen molar-refractivity contribution in [3.8, 4) is 11.5 Å². The van der Waals surface area contributed by atoms with Gasteiger partial charge in [-0.2, -0.15) is 0 Å². The Morgan fingerprint density at radius 3 is 2.39 bits per heavy atom. The first-order valence-electron chi connectivity index (χ1n) is 13.9. The predicted molar refractivity (Wildman–Crippen MR) is 164 cm³/mol. The molecule has 2 N–H and O–H groups in total. The Morgan fingerprint density at radius 2 is 1.73 bits per heavy atom. The first-order valence-corrected chi connectivity index (χ1v) is 13.9. The van der Waals surface area contributed by atoms with Crippen molar-refractivity contribution in [2.24, 2.45) is 11.7 Å². The highest BCUT2D eigenvalue weighted by molar-refractivity contribution is 5.95. The van der Waals surface area contributed by atoms with Crippen molar-refractivity contribution in [1.82, 2.24) is 9.80 Å². The van der Waals surface area contributed by atoms with Crippen molar-refractivity contribution in [2.45, 2.75) is 57.5 Å². The summed E-state index contributed by atoms with van der Waals surface area (Å²) in [6.45, 7) is 4.82. The van der Waals surface area contributed by atoms with Crippen LogP contribution in [0.4, 0.5) is 8.78 Å². The highest BCUT2D eigenvalue weighted by Gasteiger charge is 2.31. The third-order valence-corrected chi connectivity index (χ3v) is 8.04. The van der Waals surface area contributed by atoms with E-state index in [2.05, 4.69) is 4.90 Å². The molecule has 1 aliphatic carbocycles. The SMILES string of the molecule is COc1ccc(C(=O)N(C/C(C)=C/c2ccc(F)cc2F)C[C@@H]2CCCN2CC2CCC(N)CC2)cc1OC.Cl.Cl. The Hall–Kier alpha value is -2.39. The number of benzene rings is 2. The fourth-order valence-corrected chi connectivity index (χ4v) is 5.90. The van der Waals surface area contributed by atoms with Crippen LogP contribution in [-0.4, -0.2) is 68.2 Å². The number of rotatable bonds is 10. The summed E-state index contributed by atoms with van der Waals surface area (Å²) in [5, 5.41) is 0. The molecule has 10 heteroatoms. The van der Waals surface area contributed by atoms with Crippen LogP contribution in [0.3, 0.4) is 0 Å². The molecule has 41 heavy (non-hydrogen) atoms. The zero-order valence-electron chi connectivity index (χ0n) is 24.1. The molecule has 0 spiro atoms. The number of amides is 1. The lowest BCUT2D eigenvalue weighted by molar-refractivity contribution is 0.0708. The molecule has 2 fully saturated rings. The number of halogens is 4. The summed E-state index contributed by atoms with van der Waals surface area (Å²) in [6.07, 6.45) is 8.28. The molecule has 1 aliphatic heterocycles. The molecular weight excluding hydrogens is 571 g/mol. The first kappa shape index (κ1) is 34.8. The molecule has 228 valence electrons. The van der Waals surface area contributed by atoms with Crippen LogP contribution in [-0.2, 0) is 0 Å². The standard InChI is InChI=1S/C31H41F2N3O3.2ClH/c1-21(15-23-8-10-25(32)17-28(23)33)18-36(31(37)24-9-13-29(38-2)30(16-24)39-3)20-27-5-4-14-35(27)19-22-6-11-26(34)12-7-22;;/h8-10,13,15-17,22,26-27H,4-7,11-12,14,18-20,34H2,1-3H3;2*1H/b21-15+;;/t22?,26?,27-;;/m0../s1. The number of methoxy groups -OCH3 is 2. The molecule has 1 saturated heterocycles. The molecule has 0 radical (unpaired) electrons. The predicted octanol–water partition coefficient (Wildman–Crippen LogP) is 6.35. The largest absolute Gasteiger partial charge is 0.493 e. The van der Waals surface area contributed by atoms with Gasteiger partial charge in [0.25, 0.3) is 5.91 Å². The molecule has 0 unspecified atom stereocenters. The number of hydrogen-bond donors (Lipinski definition) is 1. The van der Waals surface area contributed by atoms with Gasteiger partial charge in [-0.1, -0.05) is 11.6 Å². The highest BCUT2D eigenvalue weighted by atomic mass is 35.5. The summed E-state index contributed by atoms with van der Waals surface area (Å²) in [5.41, 5.74) is 7.72. The number of hydrogen-bond acceptors (Lipinski definition) is 5. The van der Waals surface area contributed by atoms with Gasteiger partial charge in [-0.05, 0) is 88.2 Å². The van der Waals surface area contributed by atoms with Gasteiger partial charge < -0.3 is 20.1 Å². The van der Waals surface area contributed by atoms with E-state index in [1.165, 1.54) is 12.1 Å². The van der Waals surface area contributed by atoms with Crippen molar-refractivity contribution < 1.29 is 23.0 Å². The third kappa shape index (κ3) is 9.30. The summed E-state index contributed by atoms with van der Waals surface area (Å²) in [5.74, 6) is 0.317. The molecule has 1 heterocycles. The zero-order chi connectivity index (χ0) is 27.9. The Morgan fingerprint density at radius 1 is 1.02 bits per heavy atom. The second kappa shape index (κ2) is 16.3. The molecule has 1 saturated carbocycles. The number of carbonyl (C=O) groups excluding carboxylic acids is 1. The number of nitrogens with two attached hydrogens (primary N) is 1. The van der Waals surface area contributed by atoms with Crippen LogP contribution in [0.5, 0.6) is 11.5 Å². The number of likely N-dealkylation sites (tertiary alicyclic amines) is 1. The summed E-state index contributed by atoms with van der Waals surface area (Å²) in [4.78, 5) is 18.3. The van der Waals surface area contributed by atoms with Crippen molar-refractivity contribution in [1.29, 1.82) is 0 Å². The summed E-state index contributed by atoms with van der Waals surface area (Å²) >= 11 is 0. The fourth-order valence-electron chi connectivity index (χ4n) is 5.90. The van der Waals surface area contributed by atoms with Crippen LogP contribution in [0.15, 0.2) is 42.0 Å². The monoisotopic (exact) mass is 613 g/mol. The molecule has 2 aromatic carbocycles. The van der Waals surface area contributed by atoms with Gasteiger partial charge in [0.15, 0.2) is 11.5 Å². The Balaban J connectivity index is 0.00000294. The molecule has 1 atom stereocenters. The summed E-state index contributed by atoms with van der Waals surface area (Å²) in [7, 11) is 3.10. The van der Waals surface area contributed by atoms with E-state index in [1.807, 2.05) is 11.8 Å². The van der Waals surface area contributed by atoms with Gasteiger partial charge >= 0.3 is 0 Å². The number of nitrogens with zero attached hydrogens (tertiary/aromatic N) is 2. The van der Waals surface area contributed by atoms with Crippen molar-refractivity contribution >= 4 is 36.8 Å². The van der Waals surface area contributed by atoms with Crippen LogP contribution < -0.4 is 15.2 Å². The van der Waals surface area contributed by atoms with Crippen molar-refractivity contribution in [3.05, 3.63) is 64.7 Å². The van der Waals surface area contributed by atoms with E-state index in [-0.39, 0.29) is 36.8 Å². The van der Waals surface area contributed by atoms with Gasteiger partial charge in [-0.25, -0.2) is 8.78 Å². The lowest BCUT2D eigenvalue weighted by Crippen LogP contribution is -2.45. The second-order valence-electron chi connectivity index (χ2n) is 11.0. The van der Waals surface area contributed by atoms with E-state index >= 15 is 0 Å². The van der Waals surface area contributed by atoms with Gasteiger partial charge in [0.05, 0.1) is 14.2 Å². The quantitative estimate of drug-likeness (QED) is 0.338. The van der Waals surface area contributed by atoms with E-state index in [1.54, 1.807) is 38.5 Å². The van der Waals surface area contributed by atoms with Crippen LogP contribution >= 0.6 is 24.8 Å².